The van der Waals surface area contributed by atoms with E-state index >= 15 is 0 Å². The topological polar surface area (TPSA) is 85.0 Å². The Hall–Kier alpha value is -2.70. The van der Waals surface area contributed by atoms with Gasteiger partial charge in [-0.25, -0.2) is 4.98 Å². The average Bonchev–Trinajstić information content (AvgIpc) is 3.34. The van der Waals surface area contributed by atoms with Crippen LogP contribution in [-0.2, 0) is 19.8 Å². The van der Waals surface area contributed by atoms with Crippen molar-refractivity contribution in [2.24, 2.45) is 21.4 Å². The summed E-state index contributed by atoms with van der Waals surface area (Å²) in [6.07, 6.45) is 2.49. The molecule has 34 heavy (non-hydrogen) atoms. The van der Waals surface area contributed by atoms with Crippen molar-refractivity contribution in [2.45, 2.75) is 85.2 Å². The smallest absolute Gasteiger partial charge is 0.276 e. The molecule has 2 aromatic rings. The van der Waals surface area contributed by atoms with Crippen LogP contribution in [0, 0.1) is 16.2 Å². The van der Waals surface area contributed by atoms with Crippen molar-refractivity contribution >= 4 is 28.6 Å². The first-order valence-electron chi connectivity index (χ1n) is 12.1. The Morgan fingerprint density at radius 2 is 1.71 bits per heavy atom. The van der Waals surface area contributed by atoms with E-state index in [1.165, 1.54) is 4.90 Å². The monoisotopic (exact) mass is 465 g/mol. The maximum atomic E-state index is 13.9. The Bertz CT molecular complexity index is 1190. The van der Waals surface area contributed by atoms with Crippen LogP contribution in [0.5, 0.6) is 0 Å². The Balaban J connectivity index is 1.44. The van der Waals surface area contributed by atoms with Gasteiger partial charge in [0.2, 0.25) is 17.4 Å². The van der Waals surface area contributed by atoms with Crippen LogP contribution in [0.25, 0.3) is 11.1 Å². The summed E-state index contributed by atoms with van der Waals surface area (Å²) >= 11 is 0. The van der Waals surface area contributed by atoms with Crippen LogP contribution in [0.15, 0.2) is 33.8 Å². The van der Waals surface area contributed by atoms with Gasteiger partial charge in [0, 0.05) is 29.2 Å². The molecule has 0 radical (unpaired) electrons. The van der Waals surface area contributed by atoms with Crippen molar-refractivity contribution in [3.63, 3.8) is 0 Å². The van der Waals surface area contributed by atoms with Crippen LogP contribution in [0.4, 0.5) is 0 Å². The summed E-state index contributed by atoms with van der Waals surface area (Å²) in [5, 5.41) is 4.23. The number of likely N-dealkylation sites (tertiary alicyclic amines) is 1. The van der Waals surface area contributed by atoms with Gasteiger partial charge in [0.25, 0.3) is 5.91 Å². The van der Waals surface area contributed by atoms with Crippen LogP contribution in [-0.4, -0.2) is 39.6 Å². The Labute approximate surface area is 200 Å². The van der Waals surface area contributed by atoms with Crippen molar-refractivity contribution in [2.75, 3.05) is 6.54 Å². The van der Waals surface area contributed by atoms with Gasteiger partial charge in [-0.05, 0) is 43.7 Å². The summed E-state index contributed by atoms with van der Waals surface area (Å²) in [5.41, 5.74) is -0.271. The lowest BCUT2D eigenvalue weighted by Gasteiger charge is -2.57. The van der Waals surface area contributed by atoms with Gasteiger partial charge in [-0.15, -0.1) is 0 Å². The summed E-state index contributed by atoms with van der Waals surface area (Å²) in [6.45, 7) is 14.6. The second-order valence-electron chi connectivity index (χ2n) is 12.9. The quantitative estimate of drug-likeness (QED) is 0.567. The number of para-hydroxylation sites is 2. The maximum Gasteiger partial charge on any atom is 0.276 e. The molecular weight excluding hydrogens is 430 g/mol. The highest BCUT2D eigenvalue weighted by molar-refractivity contribution is 6.05. The van der Waals surface area contributed by atoms with Crippen LogP contribution < -0.4 is 0 Å². The van der Waals surface area contributed by atoms with E-state index in [9.17, 15) is 9.59 Å². The lowest BCUT2D eigenvalue weighted by atomic mass is 9.52. The van der Waals surface area contributed by atoms with Crippen molar-refractivity contribution in [3.05, 3.63) is 30.2 Å². The molecule has 2 aliphatic heterocycles. The maximum absolute atomic E-state index is 13.9. The number of benzene rings is 1. The molecule has 2 amide bonds. The number of oxazole rings is 1. The predicted molar refractivity (Wildman–Crippen MR) is 129 cm³/mol. The third kappa shape index (κ3) is 3.46. The van der Waals surface area contributed by atoms with Gasteiger partial charge < -0.3 is 9.25 Å². The zero-order chi connectivity index (χ0) is 24.7. The van der Waals surface area contributed by atoms with Crippen LogP contribution in [0.3, 0.4) is 0 Å². The fraction of sp³-hybridized carbons (Fsp3) is 0.630. The number of carbonyl (C=O) groups excluding carboxylic acids is 2. The van der Waals surface area contributed by atoms with Crippen molar-refractivity contribution in [3.8, 4) is 0 Å². The van der Waals surface area contributed by atoms with Crippen molar-refractivity contribution < 1.29 is 18.8 Å². The molecule has 2 fully saturated rings. The van der Waals surface area contributed by atoms with Gasteiger partial charge in [-0.3, -0.25) is 14.5 Å². The Morgan fingerprint density at radius 3 is 2.35 bits per heavy atom. The zero-order valence-electron chi connectivity index (χ0n) is 21.3. The number of hydrogen-bond acceptors (Lipinski definition) is 6. The number of nitrogens with zero attached hydrogens (tertiary/aromatic N) is 3. The highest BCUT2D eigenvalue weighted by Crippen LogP contribution is 2.59. The van der Waals surface area contributed by atoms with E-state index < -0.39 is 16.4 Å². The first kappa shape index (κ1) is 23.1. The van der Waals surface area contributed by atoms with E-state index in [2.05, 4.69) is 39.8 Å². The third-order valence-corrected chi connectivity index (χ3v) is 7.95. The van der Waals surface area contributed by atoms with E-state index in [1.807, 2.05) is 31.2 Å². The van der Waals surface area contributed by atoms with Crippen molar-refractivity contribution in [1.82, 2.24) is 9.88 Å². The molecule has 3 aliphatic rings. The fourth-order valence-electron chi connectivity index (χ4n) is 6.76. The number of amides is 2. The number of fused-ring (bicyclic) bond motifs is 3. The fourth-order valence-corrected chi connectivity index (χ4v) is 6.76. The van der Waals surface area contributed by atoms with Gasteiger partial charge in [-0.2, -0.15) is 0 Å². The molecule has 3 heterocycles. The van der Waals surface area contributed by atoms with Gasteiger partial charge in [0.1, 0.15) is 5.52 Å². The summed E-state index contributed by atoms with van der Waals surface area (Å²) in [6, 6.07) is 7.75. The number of hydrogen-bond donors (Lipinski definition) is 0. The summed E-state index contributed by atoms with van der Waals surface area (Å²) in [4.78, 5) is 39.6. The lowest BCUT2D eigenvalue weighted by Crippen LogP contribution is -2.65. The number of rotatable bonds is 2. The molecule has 0 spiro atoms. The van der Waals surface area contributed by atoms with Crippen LogP contribution >= 0.6 is 0 Å². The second kappa shape index (κ2) is 6.92. The third-order valence-electron chi connectivity index (χ3n) is 7.95. The number of piperidine rings is 1. The van der Waals surface area contributed by atoms with Gasteiger partial charge in [0.05, 0.1) is 5.71 Å². The normalized spacial score (nSPS) is 35.9. The molecule has 7 heteroatoms. The largest absolute Gasteiger partial charge is 0.440 e. The first-order valence-corrected chi connectivity index (χ1v) is 12.1. The first-order chi connectivity index (χ1) is 15.7. The van der Waals surface area contributed by atoms with E-state index in [0.717, 1.165) is 29.7 Å². The van der Waals surface area contributed by atoms with E-state index in [4.69, 9.17) is 14.2 Å². The molecule has 1 saturated carbocycles. The number of carbonyl (C=O) groups is 2. The highest BCUT2D eigenvalue weighted by Gasteiger charge is 2.62. The standard InChI is InChI=1S/C27H35N3O4/c1-23(2,3)19-12-27(7,34-29-19)22(32)30-16-24(4)13-25(5,15-26(6,14-24)21(30)31)20-28-17-10-8-9-11-18(17)33-20/h8-11H,12-16H2,1-7H3/t24-,25+,26-,27+/m1/s1. The van der Waals surface area contributed by atoms with Crippen molar-refractivity contribution in [1.29, 1.82) is 0 Å². The molecule has 5 rings (SSSR count). The van der Waals surface area contributed by atoms with Gasteiger partial charge in [-0.1, -0.05) is 58.8 Å². The zero-order valence-corrected chi connectivity index (χ0v) is 21.3. The van der Waals surface area contributed by atoms with E-state index in [-0.39, 0.29) is 22.6 Å². The average molecular weight is 466 g/mol. The van der Waals surface area contributed by atoms with E-state index in [1.54, 1.807) is 6.92 Å². The Kier molecular flexibility index (Phi) is 4.70. The summed E-state index contributed by atoms with van der Waals surface area (Å²) < 4.78 is 6.18. The number of imide groups is 1. The van der Waals surface area contributed by atoms with Gasteiger partial charge in [0.15, 0.2) is 5.58 Å². The number of aromatic nitrogens is 1. The highest BCUT2D eigenvalue weighted by atomic mass is 16.7. The van der Waals surface area contributed by atoms with Crippen LogP contribution in [0.1, 0.15) is 80.0 Å². The molecule has 0 N–H and O–H groups in total. The molecule has 1 aromatic carbocycles. The molecule has 1 aliphatic carbocycles. The molecule has 7 nitrogen and oxygen atoms in total. The SMILES string of the molecule is CC(C)(C)C1=NO[C@](C)(C(=O)N2C[C@@]3(C)C[C@](C)(C[C@@](C)(c4nc5ccccc5o4)C3)C2=O)C1. The minimum absolute atomic E-state index is 0.133. The predicted octanol–water partition coefficient (Wildman–Crippen LogP) is 5.23. The van der Waals surface area contributed by atoms with Crippen LogP contribution in [0.2, 0.25) is 0 Å². The Morgan fingerprint density at radius 1 is 1.03 bits per heavy atom. The van der Waals surface area contributed by atoms with E-state index in [0.29, 0.717) is 25.3 Å². The molecule has 2 bridgehead atoms. The minimum atomic E-state index is -1.15. The molecular formula is C27H35N3O4. The molecule has 1 aromatic heterocycles. The minimum Gasteiger partial charge on any atom is -0.440 e. The molecule has 4 atom stereocenters. The summed E-state index contributed by atoms with van der Waals surface area (Å²) in [5.74, 6) is 0.252. The number of oxime groups is 1. The molecule has 0 unspecified atom stereocenters. The van der Waals surface area contributed by atoms with Gasteiger partial charge >= 0.3 is 0 Å². The molecule has 182 valence electrons. The second-order valence-corrected chi connectivity index (χ2v) is 12.9. The molecule has 1 saturated heterocycles. The summed E-state index contributed by atoms with van der Waals surface area (Å²) in [7, 11) is 0. The lowest BCUT2D eigenvalue weighted by molar-refractivity contribution is -0.178.